The number of carbonyl (C=O) groups excluding carboxylic acids is 1. The SMILES string of the molecule is COc1ccc(C(=O)N(CC#N)C2CCCC2)cc1F. The van der Waals surface area contributed by atoms with Crippen LogP contribution in [0.4, 0.5) is 4.39 Å². The van der Waals surface area contributed by atoms with E-state index in [0.717, 1.165) is 25.7 Å². The number of nitrogens with zero attached hydrogens (tertiary/aromatic N) is 2. The van der Waals surface area contributed by atoms with E-state index in [1.807, 2.05) is 6.07 Å². The Hall–Kier alpha value is -2.09. The quantitative estimate of drug-likeness (QED) is 0.794. The van der Waals surface area contributed by atoms with Gasteiger partial charge < -0.3 is 9.64 Å². The second-order valence-corrected chi connectivity index (χ2v) is 4.88. The molecule has 106 valence electrons. The number of benzene rings is 1. The fraction of sp³-hybridized carbons (Fsp3) is 0.467. The van der Waals surface area contributed by atoms with Gasteiger partial charge in [-0.15, -0.1) is 0 Å². The number of nitriles is 1. The molecule has 0 radical (unpaired) electrons. The van der Waals surface area contributed by atoms with Crippen LogP contribution in [0.5, 0.6) is 5.75 Å². The van der Waals surface area contributed by atoms with Crippen LogP contribution in [0.3, 0.4) is 0 Å². The first-order valence-corrected chi connectivity index (χ1v) is 6.69. The minimum absolute atomic E-state index is 0.0388. The van der Waals surface area contributed by atoms with Crippen molar-refractivity contribution in [3.8, 4) is 11.8 Å². The van der Waals surface area contributed by atoms with Gasteiger partial charge in [0.05, 0.1) is 13.2 Å². The van der Waals surface area contributed by atoms with Gasteiger partial charge in [-0.1, -0.05) is 12.8 Å². The minimum Gasteiger partial charge on any atom is -0.494 e. The zero-order valence-electron chi connectivity index (χ0n) is 11.4. The van der Waals surface area contributed by atoms with E-state index in [1.165, 1.54) is 25.3 Å². The molecule has 1 aliphatic rings. The van der Waals surface area contributed by atoms with Gasteiger partial charge in [0.15, 0.2) is 11.6 Å². The van der Waals surface area contributed by atoms with E-state index in [4.69, 9.17) is 10.00 Å². The highest BCUT2D eigenvalue weighted by Gasteiger charge is 2.27. The number of ether oxygens (including phenoxy) is 1. The normalized spacial score (nSPS) is 14.8. The van der Waals surface area contributed by atoms with E-state index < -0.39 is 5.82 Å². The van der Waals surface area contributed by atoms with Crippen LogP contribution < -0.4 is 4.74 Å². The fourth-order valence-electron chi connectivity index (χ4n) is 2.62. The van der Waals surface area contributed by atoms with Crippen LogP contribution >= 0.6 is 0 Å². The predicted molar refractivity (Wildman–Crippen MR) is 71.9 cm³/mol. The first-order chi connectivity index (χ1) is 9.67. The molecule has 0 spiro atoms. The van der Waals surface area contributed by atoms with Gasteiger partial charge in [0.1, 0.15) is 6.54 Å². The molecule has 2 rings (SSSR count). The topological polar surface area (TPSA) is 53.3 Å². The number of hydrogen-bond acceptors (Lipinski definition) is 3. The third-order valence-electron chi connectivity index (χ3n) is 3.67. The predicted octanol–water partition coefficient (Wildman–Crippen LogP) is 2.74. The minimum atomic E-state index is -0.568. The molecule has 0 bridgehead atoms. The maximum Gasteiger partial charge on any atom is 0.255 e. The van der Waals surface area contributed by atoms with Crippen molar-refractivity contribution in [1.82, 2.24) is 4.90 Å². The average Bonchev–Trinajstić information content (AvgIpc) is 2.97. The molecule has 1 aromatic rings. The van der Waals surface area contributed by atoms with E-state index in [1.54, 1.807) is 4.90 Å². The number of hydrogen-bond donors (Lipinski definition) is 0. The molecule has 0 aliphatic heterocycles. The van der Waals surface area contributed by atoms with E-state index in [0.29, 0.717) is 0 Å². The summed E-state index contributed by atoms with van der Waals surface area (Å²) in [5, 5.41) is 8.89. The molecule has 5 heteroatoms. The second-order valence-electron chi connectivity index (χ2n) is 4.88. The van der Waals surface area contributed by atoms with E-state index in [2.05, 4.69) is 0 Å². The summed E-state index contributed by atoms with van der Waals surface area (Å²) < 4.78 is 18.5. The molecule has 0 aromatic heterocycles. The first kappa shape index (κ1) is 14.3. The molecular formula is C15H17FN2O2. The van der Waals surface area contributed by atoms with Crippen molar-refractivity contribution in [3.05, 3.63) is 29.6 Å². The summed E-state index contributed by atoms with van der Waals surface area (Å²) in [6, 6.07) is 6.24. The molecule has 1 saturated carbocycles. The summed E-state index contributed by atoms with van der Waals surface area (Å²) in [7, 11) is 1.38. The Balaban J connectivity index is 2.22. The molecule has 1 amide bonds. The standard InChI is InChI=1S/C15H17FN2O2/c1-20-14-7-6-11(10-13(14)16)15(19)18(9-8-17)12-4-2-3-5-12/h6-7,10,12H,2-5,9H2,1H3. The first-order valence-electron chi connectivity index (χ1n) is 6.69. The molecule has 1 fully saturated rings. The number of methoxy groups -OCH3 is 1. The molecule has 0 heterocycles. The summed E-state index contributed by atoms with van der Waals surface area (Å²) in [5.74, 6) is -0.754. The lowest BCUT2D eigenvalue weighted by molar-refractivity contribution is 0.0709. The molecule has 1 aliphatic carbocycles. The van der Waals surface area contributed by atoms with Gasteiger partial charge >= 0.3 is 0 Å². The monoisotopic (exact) mass is 276 g/mol. The van der Waals surface area contributed by atoms with Crippen LogP contribution in [0.2, 0.25) is 0 Å². The van der Waals surface area contributed by atoms with E-state index >= 15 is 0 Å². The molecule has 0 atom stereocenters. The summed E-state index contributed by atoms with van der Waals surface area (Å²) in [6.45, 7) is 0.0388. The van der Waals surface area contributed by atoms with Crippen molar-refractivity contribution in [2.75, 3.05) is 13.7 Å². The molecule has 0 N–H and O–H groups in total. The van der Waals surface area contributed by atoms with E-state index in [9.17, 15) is 9.18 Å². The summed E-state index contributed by atoms with van der Waals surface area (Å²) in [4.78, 5) is 14.0. The number of carbonyl (C=O) groups is 1. The lowest BCUT2D eigenvalue weighted by Gasteiger charge is -2.26. The van der Waals surface area contributed by atoms with Gasteiger partial charge in [-0.2, -0.15) is 5.26 Å². The van der Waals surface area contributed by atoms with Crippen molar-refractivity contribution in [2.24, 2.45) is 0 Å². The number of rotatable bonds is 4. The van der Waals surface area contributed by atoms with Crippen molar-refractivity contribution < 1.29 is 13.9 Å². The van der Waals surface area contributed by atoms with Crippen molar-refractivity contribution in [2.45, 2.75) is 31.7 Å². The van der Waals surface area contributed by atoms with Gasteiger partial charge in [0.25, 0.3) is 5.91 Å². The lowest BCUT2D eigenvalue weighted by atomic mass is 10.1. The van der Waals surface area contributed by atoms with Crippen LogP contribution in [0.1, 0.15) is 36.0 Å². The Morgan fingerprint density at radius 1 is 1.50 bits per heavy atom. The highest BCUT2D eigenvalue weighted by atomic mass is 19.1. The number of halogens is 1. The third kappa shape index (κ3) is 2.90. The Morgan fingerprint density at radius 2 is 2.20 bits per heavy atom. The molecule has 0 saturated heterocycles. The van der Waals surface area contributed by atoms with Gasteiger partial charge in [0.2, 0.25) is 0 Å². The summed E-state index contributed by atoms with van der Waals surface area (Å²) in [6.07, 6.45) is 3.95. The molecule has 1 aromatic carbocycles. The van der Waals surface area contributed by atoms with Gasteiger partial charge in [0, 0.05) is 11.6 Å². The third-order valence-corrected chi connectivity index (χ3v) is 3.67. The largest absolute Gasteiger partial charge is 0.494 e. The lowest BCUT2D eigenvalue weighted by Crippen LogP contribution is -2.39. The maximum atomic E-state index is 13.7. The Kier molecular flexibility index (Phi) is 4.57. The number of amides is 1. The van der Waals surface area contributed by atoms with Crippen LogP contribution in [0, 0.1) is 17.1 Å². The van der Waals surface area contributed by atoms with Crippen LogP contribution in [-0.2, 0) is 0 Å². The van der Waals surface area contributed by atoms with Gasteiger partial charge in [-0.3, -0.25) is 4.79 Å². The van der Waals surface area contributed by atoms with Crippen LogP contribution in [0.25, 0.3) is 0 Å². The van der Waals surface area contributed by atoms with E-state index in [-0.39, 0.29) is 29.8 Å². The molecule has 4 nitrogen and oxygen atoms in total. The Bertz CT molecular complexity index is 533. The Labute approximate surface area is 117 Å². The van der Waals surface area contributed by atoms with Gasteiger partial charge in [-0.25, -0.2) is 4.39 Å². The van der Waals surface area contributed by atoms with Gasteiger partial charge in [-0.05, 0) is 31.0 Å². The zero-order valence-corrected chi connectivity index (χ0v) is 11.4. The molecule has 0 unspecified atom stereocenters. The highest BCUT2D eigenvalue weighted by molar-refractivity contribution is 5.94. The molecule has 20 heavy (non-hydrogen) atoms. The summed E-state index contributed by atoms with van der Waals surface area (Å²) >= 11 is 0. The van der Waals surface area contributed by atoms with Crippen molar-refractivity contribution in [1.29, 1.82) is 5.26 Å². The smallest absolute Gasteiger partial charge is 0.255 e. The Morgan fingerprint density at radius 3 is 2.75 bits per heavy atom. The molecular weight excluding hydrogens is 259 g/mol. The van der Waals surface area contributed by atoms with Crippen molar-refractivity contribution >= 4 is 5.91 Å². The average molecular weight is 276 g/mol. The van der Waals surface area contributed by atoms with Crippen molar-refractivity contribution in [3.63, 3.8) is 0 Å². The highest BCUT2D eigenvalue weighted by Crippen LogP contribution is 2.26. The zero-order chi connectivity index (χ0) is 14.5. The second kappa shape index (κ2) is 6.38. The fourth-order valence-corrected chi connectivity index (χ4v) is 2.62. The summed E-state index contributed by atoms with van der Waals surface area (Å²) in [5.41, 5.74) is 0.255. The van der Waals surface area contributed by atoms with Crippen LogP contribution in [-0.4, -0.2) is 30.5 Å². The van der Waals surface area contributed by atoms with Crippen LogP contribution in [0.15, 0.2) is 18.2 Å². The maximum absolute atomic E-state index is 13.7.